The molecule has 1 atom stereocenters. The molecule has 222 valence electrons. The quantitative estimate of drug-likeness (QED) is 0.285. The molecule has 0 radical (unpaired) electrons. The van der Waals surface area contributed by atoms with E-state index in [9.17, 15) is 19.5 Å². The SMILES string of the molecule is COc1cc(CN(CC2CCCCC2)C(CC(=O)O)c2ccc(Cl)c(Cl)c2)ccc1OCCN1C(=O)CN(C)C1=O. The van der Waals surface area contributed by atoms with Gasteiger partial charge >= 0.3 is 12.0 Å². The van der Waals surface area contributed by atoms with Crippen LogP contribution in [-0.4, -0.2) is 78.1 Å². The summed E-state index contributed by atoms with van der Waals surface area (Å²) in [6.45, 7) is 1.59. The van der Waals surface area contributed by atoms with E-state index < -0.39 is 12.0 Å². The molecule has 0 aromatic heterocycles. The van der Waals surface area contributed by atoms with Crippen molar-refractivity contribution in [2.45, 2.75) is 51.1 Å². The number of carboxylic acid groups (broad SMARTS) is 1. The first-order valence-electron chi connectivity index (χ1n) is 13.9. The molecule has 2 aromatic carbocycles. The number of rotatable bonds is 13. The Balaban J connectivity index is 1.54. The number of benzene rings is 2. The van der Waals surface area contributed by atoms with Crippen molar-refractivity contribution in [1.29, 1.82) is 0 Å². The number of aliphatic carboxylic acids is 1. The Morgan fingerprint density at radius 3 is 2.46 bits per heavy atom. The average molecular weight is 607 g/mol. The molecule has 1 aliphatic carbocycles. The second kappa shape index (κ2) is 14.2. The number of halogens is 2. The van der Waals surface area contributed by atoms with Gasteiger partial charge in [0.15, 0.2) is 11.5 Å². The number of carboxylic acids is 1. The fourth-order valence-corrected chi connectivity index (χ4v) is 5.95. The van der Waals surface area contributed by atoms with Crippen LogP contribution in [0.3, 0.4) is 0 Å². The smallest absolute Gasteiger partial charge is 0.327 e. The van der Waals surface area contributed by atoms with Crippen molar-refractivity contribution >= 4 is 41.1 Å². The van der Waals surface area contributed by atoms with Crippen molar-refractivity contribution in [2.24, 2.45) is 5.92 Å². The van der Waals surface area contributed by atoms with Crippen LogP contribution in [0.5, 0.6) is 11.5 Å². The molecule has 2 aromatic rings. The summed E-state index contributed by atoms with van der Waals surface area (Å²) in [5, 5.41) is 10.7. The van der Waals surface area contributed by atoms with Crippen molar-refractivity contribution in [3.63, 3.8) is 0 Å². The highest BCUT2D eigenvalue weighted by Gasteiger charge is 2.33. The van der Waals surface area contributed by atoms with E-state index in [1.807, 2.05) is 18.2 Å². The molecule has 1 heterocycles. The van der Waals surface area contributed by atoms with Crippen LogP contribution in [0, 0.1) is 5.92 Å². The van der Waals surface area contributed by atoms with Gasteiger partial charge in [-0.25, -0.2) is 4.79 Å². The zero-order valence-electron chi connectivity index (χ0n) is 23.5. The number of carbonyl (C=O) groups is 3. The van der Waals surface area contributed by atoms with E-state index in [1.54, 1.807) is 32.4 Å². The Bertz CT molecular complexity index is 1250. The van der Waals surface area contributed by atoms with Crippen molar-refractivity contribution in [1.82, 2.24) is 14.7 Å². The number of imide groups is 1. The molecular formula is C30H37Cl2N3O6. The maximum Gasteiger partial charge on any atom is 0.327 e. The lowest BCUT2D eigenvalue weighted by atomic mass is 9.88. The molecule has 2 aliphatic rings. The third-order valence-electron chi connectivity index (χ3n) is 7.77. The molecule has 2 fully saturated rings. The largest absolute Gasteiger partial charge is 0.493 e. The third-order valence-corrected chi connectivity index (χ3v) is 8.51. The summed E-state index contributed by atoms with van der Waals surface area (Å²) in [6.07, 6.45) is 5.75. The molecule has 1 unspecified atom stereocenters. The summed E-state index contributed by atoms with van der Waals surface area (Å²) in [5.41, 5.74) is 1.74. The van der Waals surface area contributed by atoms with Crippen LogP contribution < -0.4 is 9.47 Å². The second-order valence-electron chi connectivity index (χ2n) is 10.7. The molecule has 1 aliphatic heterocycles. The zero-order valence-corrected chi connectivity index (χ0v) is 25.0. The van der Waals surface area contributed by atoms with Crippen LogP contribution in [0.1, 0.15) is 55.7 Å². The van der Waals surface area contributed by atoms with Gasteiger partial charge in [0, 0.05) is 26.2 Å². The summed E-state index contributed by atoms with van der Waals surface area (Å²) in [7, 11) is 3.14. The van der Waals surface area contributed by atoms with E-state index in [4.69, 9.17) is 32.7 Å². The van der Waals surface area contributed by atoms with Crippen molar-refractivity contribution in [2.75, 3.05) is 40.4 Å². The molecule has 9 nitrogen and oxygen atoms in total. The summed E-state index contributed by atoms with van der Waals surface area (Å²) in [6, 6.07) is 10.2. The monoisotopic (exact) mass is 605 g/mol. The first kappa shape index (κ1) is 30.9. The fraction of sp³-hybridized carbons (Fsp3) is 0.500. The number of hydrogen-bond acceptors (Lipinski definition) is 6. The van der Waals surface area contributed by atoms with Gasteiger partial charge in [-0.3, -0.25) is 19.4 Å². The van der Waals surface area contributed by atoms with Gasteiger partial charge in [-0.05, 0) is 54.2 Å². The van der Waals surface area contributed by atoms with E-state index in [-0.39, 0.29) is 38.1 Å². The Morgan fingerprint density at radius 2 is 1.83 bits per heavy atom. The van der Waals surface area contributed by atoms with Crippen LogP contribution in [0.15, 0.2) is 36.4 Å². The van der Waals surface area contributed by atoms with E-state index in [2.05, 4.69) is 4.90 Å². The minimum Gasteiger partial charge on any atom is -0.493 e. The predicted octanol–water partition coefficient (Wildman–Crippen LogP) is 5.87. The molecule has 0 bridgehead atoms. The lowest BCUT2D eigenvalue weighted by Crippen LogP contribution is -2.35. The van der Waals surface area contributed by atoms with E-state index in [0.29, 0.717) is 34.0 Å². The topological polar surface area (TPSA) is 99.6 Å². The van der Waals surface area contributed by atoms with Crippen LogP contribution in [0.2, 0.25) is 10.0 Å². The highest BCUT2D eigenvalue weighted by Crippen LogP contribution is 2.35. The zero-order chi connectivity index (χ0) is 29.5. The lowest BCUT2D eigenvalue weighted by molar-refractivity contribution is -0.138. The number of hydrogen-bond donors (Lipinski definition) is 1. The lowest BCUT2D eigenvalue weighted by Gasteiger charge is -2.36. The standard InChI is InChI=1S/C30H37Cl2N3O6/c1-33-19-28(36)35(30(33)39)12-13-41-26-11-8-21(14-27(26)40-2)18-34(17-20-6-4-3-5-7-20)25(16-29(37)38)22-9-10-23(31)24(32)15-22/h8-11,14-15,20,25H,3-7,12-13,16-19H2,1-2H3,(H,37,38). The number of urea groups is 1. The van der Waals surface area contributed by atoms with Gasteiger partial charge in [-0.2, -0.15) is 0 Å². The molecule has 0 spiro atoms. The van der Waals surface area contributed by atoms with Crippen molar-refractivity contribution in [3.8, 4) is 11.5 Å². The van der Waals surface area contributed by atoms with Crippen molar-refractivity contribution < 1.29 is 29.0 Å². The molecule has 11 heteroatoms. The predicted molar refractivity (Wildman–Crippen MR) is 157 cm³/mol. The summed E-state index contributed by atoms with van der Waals surface area (Å²) < 4.78 is 11.5. The van der Waals surface area contributed by atoms with E-state index >= 15 is 0 Å². The van der Waals surface area contributed by atoms with Gasteiger partial charge in [-0.15, -0.1) is 0 Å². The molecule has 3 amide bonds. The number of ether oxygens (including phenoxy) is 2. The molecule has 1 saturated carbocycles. The fourth-order valence-electron chi connectivity index (χ4n) is 5.65. The molecule has 1 saturated heterocycles. The van der Waals surface area contributed by atoms with E-state index in [1.165, 1.54) is 29.1 Å². The van der Waals surface area contributed by atoms with Crippen LogP contribution in [0.25, 0.3) is 0 Å². The van der Waals surface area contributed by atoms with Gasteiger partial charge in [0.1, 0.15) is 13.2 Å². The number of nitrogens with zero attached hydrogens (tertiary/aromatic N) is 3. The Hall–Kier alpha value is -3.01. The first-order valence-corrected chi connectivity index (χ1v) is 14.7. The number of methoxy groups -OCH3 is 1. The number of amides is 3. The Morgan fingerprint density at radius 1 is 1.07 bits per heavy atom. The maximum absolute atomic E-state index is 12.1. The minimum absolute atomic E-state index is 0.0688. The Labute approximate surface area is 250 Å². The average Bonchev–Trinajstić information content (AvgIpc) is 3.19. The van der Waals surface area contributed by atoms with Gasteiger partial charge in [-0.1, -0.05) is 54.6 Å². The van der Waals surface area contributed by atoms with Gasteiger partial charge < -0.3 is 19.5 Å². The number of carbonyl (C=O) groups excluding carboxylic acids is 2. The maximum atomic E-state index is 12.1. The first-order chi connectivity index (χ1) is 19.7. The van der Waals surface area contributed by atoms with Crippen LogP contribution in [0.4, 0.5) is 4.79 Å². The highest BCUT2D eigenvalue weighted by molar-refractivity contribution is 6.42. The molecule has 4 rings (SSSR count). The minimum atomic E-state index is -0.891. The Kier molecular flexibility index (Phi) is 10.8. The van der Waals surface area contributed by atoms with Crippen molar-refractivity contribution in [3.05, 3.63) is 57.6 Å². The highest BCUT2D eigenvalue weighted by atomic mass is 35.5. The molecular weight excluding hydrogens is 569 g/mol. The van der Waals surface area contributed by atoms with Crippen LogP contribution in [-0.2, 0) is 16.1 Å². The summed E-state index contributed by atoms with van der Waals surface area (Å²) >= 11 is 12.5. The number of likely N-dealkylation sites (N-methyl/N-ethyl adjacent to an activating group) is 1. The van der Waals surface area contributed by atoms with Gasteiger partial charge in [0.05, 0.1) is 30.1 Å². The molecule has 41 heavy (non-hydrogen) atoms. The van der Waals surface area contributed by atoms with E-state index in [0.717, 1.165) is 30.5 Å². The molecule has 1 N–H and O–H groups in total. The summed E-state index contributed by atoms with van der Waals surface area (Å²) in [4.78, 5) is 40.9. The third kappa shape index (κ3) is 8.05. The van der Waals surface area contributed by atoms with Gasteiger partial charge in [0.25, 0.3) is 0 Å². The van der Waals surface area contributed by atoms with Gasteiger partial charge in [0.2, 0.25) is 5.91 Å². The normalized spacial score (nSPS) is 16.9. The van der Waals surface area contributed by atoms with Crippen LogP contribution >= 0.6 is 23.2 Å². The summed E-state index contributed by atoms with van der Waals surface area (Å²) in [5.74, 6) is 0.341. The second-order valence-corrected chi connectivity index (χ2v) is 11.6.